The van der Waals surface area contributed by atoms with E-state index in [1.807, 2.05) is 60.6 Å². The van der Waals surface area contributed by atoms with Crippen LogP contribution in [0.1, 0.15) is 63.8 Å². The van der Waals surface area contributed by atoms with Crippen LogP contribution in [0.15, 0.2) is 46.4 Å². The number of nitrogens with one attached hydrogen (secondary N) is 1. The SMILES string of the molecule is Cc1ccc(S(=O)(=O)N/N=C/c2cc(C(C)(C)C)c(O)c(C(C)(C)C)c2)cc1. The Balaban J connectivity index is 2.39. The summed E-state index contributed by atoms with van der Waals surface area (Å²) in [7, 11) is -3.73. The van der Waals surface area contributed by atoms with Gasteiger partial charge in [0.2, 0.25) is 0 Å². The average Bonchev–Trinajstić information content (AvgIpc) is 2.54. The van der Waals surface area contributed by atoms with E-state index >= 15 is 0 Å². The van der Waals surface area contributed by atoms with Gasteiger partial charge in [0, 0.05) is 11.1 Å². The molecule has 0 heterocycles. The van der Waals surface area contributed by atoms with Crippen molar-refractivity contribution in [1.29, 1.82) is 0 Å². The normalized spacial score (nSPS) is 13.1. The molecule has 0 aromatic heterocycles. The molecule has 0 amide bonds. The van der Waals surface area contributed by atoms with Gasteiger partial charge in [0.05, 0.1) is 11.1 Å². The summed E-state index contributed by atoms with van der Waals surface area (Å²) in [4.78, 5) is 2.41. The van der Waals surface area contributed by atoms with Crippen LogP contribution in [0.4, 0.5) is 0 Å². The van der Waals surface area contributed by atoms with E-state index in [4.69, 9.17) is 0 Å². The first-order valence-electron chi connectivity index (χ1n) is 9.21. The monoisotopic (exact) mass is 402 g/mol. The molecular formula is C22H30N2O3S. The topological polar surface area (TPSA) is 78.8 Å². The number of sulfonamides is 1. The zero-order chi connectivity index (χ0) is 21.3. The van der Waals surface area contributed by atoms with Gasteiger partial charge in [0.25, 0.3) is 10.0 Å². The van der Waals surface area contributed by atoms with Crippen LogP contribution in [-0.4, -0.2) is 19.7 Å². The maximum absolute atomic E-state index is 12.4. The van der Waals surface area contributed by atoms with Gasteiger partial charge in [-0.2, -0.15) is 13.5 Å². The van der Waals surface area contributed by atoms with Crippen molar-refractivity contribution in [3.05, 3.63) is 58.7 Å². The number of aromatic hydroxyl groups is 1. The smallest absolute Gasteiger partial charge is 0.276 e. The predicted molar refractivity (Wildman–Crippen MR) is 115 cm³/mol. The van der Waals surface area contributed by atoms with Gasteiger partial charge < -0.3 is 5.11 Å². The third-order valence-electron chi connectivity index (χ3n) is 4.47. The lowest BCUT2D eigenvalue weighted by atomic mass is 9.78. The van der Waals surface area contributed by atoms with Crippen molar-refractivity contribution < 1.29 is 13.5 Å². The number of phenols is 1. The quantitative estimate of drug-likeness (QED) is 0.579. The van der Waals surface area contributed by atoms with Crippen molar-refractivity contribution in [1.82, 2.24) is 4.83 Å². The second kappa shape index (κ2) is 7.59. The number of rotatable bonds is 4. The number of nitrogens with zero attached hydrogens (tertiary/aromatic N) is 1. The molecule has 28 heavy (non-hydrogen) atoms. The lowest BCUT2D eigenvalue weighted by Gasteiger charge is -2.27. The van der Waals surface area contributed by atoms with Crippen LogP contribution < -0.4 is 4.83 Å². The minimum atomic E-state index is -3.73. The van der Waals surface area contributed by atoms with Gasteiger partial charge in [-0.05, 0) is 47.6 Å². The standard InChI is InChI=1S/C22H30N2O3S/c1-15-8-10-17(11-9-15)28(26,27)24-23-14-16-12-18(21(2,3)4)20(25)19(13-16)22(5,6)7/h8-14,24-25H,1-7H3/b23-14+. The van der Waals surface area contributed by atoms with E-state index in [1.54, 1.807) is 24.3 Å². The Morgan fingerprint density at radius 1 is 0.929 bits per heavy atom. The van der Waals surface area contributed by atoms with E-state index in [-0.39, 0.29) is 21.5 Å². The molecule has 0 aliphatic rings. The molecule has 2 aromatic carbocycles. The summed E-state index contributed by atoms with van der Waals surface area (Å²) in [6.45, 7) is 14.0. The van der Waals surface area contributed by atoms with E-state index in [0.717, 1.165) is 22.3 Å². The third-order valence-corrected chi connectivity index (χ3v) is 5.70. The van der Waals surface area contributed by atoms with Crippen LogP contribution in [0.3, 0.4) is 0 Å². The highest BCUT2D eigenvalue weighted by Crippen LogP contribution is 2.39. The minimum absolute atomic E-state index is 0.159. The fraction of sp³-hybridized carbons (Fsp3) is 0.409. The van der Waals surface area contributed by atoms with Crippen LogP contribution >= 0.6 is 0 Å². The van der Waals surface area contributed by atoms with Gasteiger partial charge in [-0.1, -0.05) is 59.2 Å². The van der Waals surface area contributed by atoms with Crippen LogP contribution in [0.5, 0.6) is 5.75 Å². The number of aryl methyl sites for hydroxylation is 1. The highest BCUT2D eigenvalue weighted by atomic mass is 32.2. The van der Waals surface area contributed by atoms with Crippen LogP contribution in [0, 0.1) is 6.92 Å². The number of phenolic OH excluding ortho intramolecular Hbond substituents is 1. The fourth-order valence-electron chi connectivity index (χ4n) is 2.82. The zero-order valence-corrected chi connectivity index (χ0v) is 18.5. The highest BCUT2D eigenvalue weighted by molar-refractivity contribution is 7.89. The van der Waals surface area contributed by atoms with Crippen molar-refractivity contribution >= 4 is 16.2 Å². The average molecular weight is 403 g/mol. The Morgan fingerprint density at radius 2 is 1.39 bits per heavy atom. The molecule has 0 bridgehead atoms. The van der Waals surface area contributed by atoms with Gasteiger partial charge >= 0.3 is 0 Å². The molecular weight excluding hydrogens is 372 g/mol. The van der Waals surface area contributed by atoms with Gasteiger partial charge in [-0.3, -0.25) is 0 Å². The molecule has 0 saturated carbocycles. The second-order valence-electron chi connectivity index (χ2n) is 9.13. The molecule has 0 aliphatic carbocycles. The maximum Gasteiger partial charge on any atom is 0.276 e. The van der Waals surface area contributed by atoms with Crippen molar-refractivity contribution in [2.45, 2.75) is 64.2 Å². The van der Waals surface area contributed by atoms with Gasteiger partial charge in [0.15, 0.2) is 0 Å². The molecule has 0 atom stereocenters. The van der Waals surface area contributed by atoms with E-state index in [1.165, 1.54) is 6.21 Å². The maximum atomic E-state index is 12.4. The first-order valence-corrected chi connectivity index (χ1v) is 10.7. The summed E-state index contributed by atoms with van der Waals surface area (Å²) in [5, 5.41) is 14.7. The lowest BCUT2D eigenvalue weighted by Crippen LogP contribution is -2.19. The molecule has 0 radical (unpaired) electrons. The molecule has 2 rings (SSSR count). The molecule has 152 valence electrons. The van der Waals surface area contributed by atoms with E-state index in [9.17, 15) is 13.5 Å². The van der Waals surface area contributed by atoms with Gasteiger partial charge in [-0.25, -0.2) is 4.83 Å². The largest absolute Gasteiger partial charge is 0.507 e. The molecule has 5 nitrogen and oxygen atoms in total. The molecule has 0 unspecified atom stereocenters. The summed E-state index contributed by atoms with van der Waals surface area (Å²) >= 11 is 0. The Morgan fingerprint density at radius 3 is 1.82 bits per heavy atom. The molecule has 2 aromatic rings. The molecule has 0 aliphatic heterocycles. The highest BCUT2D eigenvalue weighted by Gasteiger charge is 2.26. The molecule has 0 saturated heterocycles. The molecule has 2 N–H and O–H groups in total. The summed E-state index contributed by atoms with van der Waals surface area (Å²) in [5.41, 5.74) is 2.76. The second-order valence-corrected chi connectivity index (χ2v) is 10.8. The molecule has 0 spiro atoms. The Bertz CT molecular complexity index is 943. The predicted octanol–water partition coefficient (Wildman–Crippen LogP) is 4.61. The molecule has 6 heteroatoms. The van der Waals surface area contributed by atoms with Crippen molar-refractivity contribution in [3.8, 4) is 5.75 Å². The van der Waals surface area contributed by atoms with Crippen molar-refractivity contribution in [2.24, 2.45) is 5.10 Å². The van der Waals surface area contributed by atoms with E-state index < -0.39 is 10.0 Å². The number of hydrazone groups is 1. The summed E-state index contributed by atoms with van der Waals surface area (Å²) in [6, 6.07) is 10.3. The Labute approximate surface area is 168 Å². The first-order chi connectivity index (χ1) is 12.7. The van der Waals surface area contributed by atoms with Crippen LogP contribution in [0.2, 0.25) is 0 Å². The van der Waals surface area contributed by atoms with E-state index in [0.29, 0.717) is 0 Å². The van der Waals surface area contributed by atoms with Crippen LogP contribution in [-0.2, 0) is 20.9 Å². The zero-order valence-electron chi connectivity index (χ0n) is 17.7. The fourth-order valence-corrected chi connectivity index (χ4v) is 3.61. The molecule has 0 fully saturated rings. The minimum Gasteiger partial charge on any atom is -0.507 e. The van der Waals surface area contributed by atoms with Crippen LogP contribution in [0.25, 0.3) is 0 Å². The van der Waals surface area contributed by atoms with Crippen molar-refractivity contribution in [3.63, 3.8) is 0 Å². The Hall–Kier alpha value is -2.34. The summed E-state index contributed by atoms with van der Waals surface area (Å²) in [5.74, 6) is 0.275. The summed E-state index contributed by atoms with van der Waals surface area (Å²) in [6.07, 6.45) is 1.47. The lowest BCUT2D eigenvalue weighted by molar-refractivity contribution is 0.423. The van der Waals surface area contributed by atoms with Crippen molar-refractivity contribution in [2.75, 3.05) is 0 Å². The number of hydrogen-bond donors (Lipinski definition) is 2. The van der Waals surface area contributed by atoms with Gasteiger partial charge in [-0.15, -0.1) is 0 Å². The number of hydrogen-bond acceptors (Lipinski definition) is 4. The summed E-state index contributed by atoms with van der Waals surface area (Å²) < 4.78 is 24.8. The third kappa shape index (κ3) is 5.13. The first kappa shape index (κ1) is 22.0. The Kier molecular flexibility index (Phi) is 5.95. The number of benzene rings is 2. The van der Waals surface area contributed by atoms with E-state index in [2.05, 4.69) is 9.93 Å². The van der Waals surface area contributed by atoms with Gasteiger partial charge in [0.1, 0.15) is 5.75 Å².